The number of carboxylic acid groups (broad SMARTS) is 3. The molecule has 0 aromatic heterocycles. The van der Waals surface area contributed by atoms with Crippen LogP contribution in [0.4, 0.5) is 0 Å². The van der Waals surface area contributed by atoms with Crippen LogP contribution in [0.2, 0.25) is 0 Å². The zero-order valence-electron chi connectivity index (χ0n) is 38.0. The number of aliphatic hydroxyl groups is 3. The molecule has 0 aliphatic rings. The minimum atomic E-state index is -0.921. The van der Waals surface area contributed by atoms with Gasteiger partial charge in [0.15, 0.2) is 0 Å². The summed E-state index contributed by atoms with van der Waals surface area (Å²) in [6.07, 6.45) is 42.2. The summed E-state index contributed by atoms with van der Waals surface area (Å²) in [7, 11) is 0. The van der Waals surface area contributed by atoms with E-state index < -0.39 is 17.9 Å². The number of carboxylic acids is 3. The molecular formula is C48H93CrO9. The van der Waals surface area contributed by atoms with Crippen molar-refractivity contribution >= 4 is 17.9 Å². The first kappa shape index (κ1) is 63.5. The molecule has 0 saturated heterocycles. The number of rotatable bonds is 42. The Balaban J connectivity index is -0.000000374. The van der Waals surface area contributed by atoms with Gasteiger partial charge in [0.25, 0.3) is 0 Å². The number of carbonyl (C=O) groups excluding carboxylic acids is 3. The summed E-state index contributed by atoms with van der Waals surface area (Å²) in [6.45, 7) is 5.56. The summed E-state index contributed by atoms with van der Waals surface area (Å²) in [5.74, 6) is -2.76. The molecule has 0 saturated carbocycles. The van der Waals surface area contributed by atoms with Crippen molar-refractivity contribution in [1.29, 1.82) is 0 Å². The molecule has 0 heterocycles. The molecule has 1 radical (unpaired) electrons. The molecule has 58 heavy (non-hydrogen) atoms. The topological polar surface area (TPSA) is 181 Å². The van der Waals surface area contributed by atoms with Crippen LogP contribution in [0.5, 0.6) is 0 Å². The third-order valence-corrected chi connectivity index (χ3v) is 10.5. The van der Waals surface area contributed by atoms with E-state index in [1.54, 1.807) is 0 Å². The molecule has 0 fully saturated rings. The second kappa shape index (κ2) is 53.8. The molecule has 345 valence electrons. The molecule has 0 spiro atoms. The third-order valence-electron chi connectivity index (χ3n) is 10.5. The molecule has 3 N–H and O–H groups in total. The first-order valence-electron chi connectivity index (χ1n) is 24.0. The molecule has 9 nitrogen and oxygen atoms in total. The van der Waals surface area contributed by atoms with Gasteiger partial charge in [-0.3, -0.25) is 0 Å². The fourth-order valence-corrected chi connectivity index (χ4v) is 6.90. The number of carbonyl (C=O) groups is 3. The Morgan fingerprint density at radius 3 is 0.534 bits per heavy atom. The molecule has 0 rings (SSSR count). The van der Waals surface area contributed by atoms with Crippen molar-refractivity contribution in [3.63, 3.8) is 0 Å². The van der Waals surface area contributed by atoms with Crippen molar-refractivity contribution < 1.29 is 62.4 Å². The van der Waals surface area contributed by atoms with Crippen LogP contribution in [0.25, 0.3) is 0 Å². The fraction of sp³-hybridized carbons (Fsp3) is 0.938. The Bertz CT molecular complexity index is 718. The van der Waals surface area contributed by atoms with Crippen molar-refractivity contribution in [3.8, 4) is 0 Å². The van der Waals surface area contributed by atoms with Gasteiger partial charge in [0.1, 0.15) is 0 Å². The van der Waals surface area contributed by atoms with Crippen LogP contribution >= 0.6 is 0 Å². The maximum Gasteiger partial charge on any atom is 3.00 e. The van der Waals surface area contributed by atoms with Gasteiger partial charge in [-0.25, -0.2) is 0 Å². The Hall–Kier alpha value is -1.18. The van der Waals surface area contributed by atoms with E-state index in [0.29, 0.717) is 0 Å². The molecule has 3 atom stereocenters. The van der Waals surface area contributed by atoms with Crippen LogP contribution in [0.1, 0.15) is 271 Å². The Labute approximate surface area is 368 Å². The van der Waals surface area contributed by atoms with Crippen molar-refractivity contribution in [2.75, 3.05) is 0 Å². The summed E-state index contributed by atoms with van der Waals surface area (Å²) >= 11 is 0. The van der Waals surface area contributed by atoms with Crippen molar-refractivity contribution in [3.05, 3.63) is 0 Å². The molecular weight excluding hydrogens is 773 g/mol. The first-order chi connectivity index (χ1) is 27.4. The quantitative estimate of drug-likeness (QED) is 0.0504. The second-order valence-electron chi connectivity index (χ2n) is 16.9. The van der Waals surface area contributed by atoms with Gasteiger partial charge >= 0.3 is 17.4 Å². The van der Waals surface area contributed by atoms with Crippen LogP contribution in [0.3, 0.4) is 0 Å². The van der Waals surface area contributed by atoms with Crippen molar-refractivity contribution in [1.82, 2.24) is 0 Å². The summed E-state index contributed by atoms with van der Waals surface area (Å²) in [4.78, 5) is 30.6. The molecule has 0 aliphatic heterocycles. The minimum Gasteiger partial charge on any atom is -0.550 e. The Morgan fingerprint density at radius 2 is 0.414 bits per heavy atom. The number of unbranched alkanes of at least 4 members (excludes halogenated alkanes) is 30. The van der Waals surface area contributed by atoms with Crippen LogP contribution in [0.15, 0.2) is 0 Å². The van der Waals surface area contributed by atoms with E-state index in [4.69, 9.17) is 15.3 Å². The van der Waals surface area contributed by atoms with Gasteiger partial charge in [0, 0.05) is 17.9 Å². The predicted molar refractivity (Wildman–Crippen MR) is 230 cm³/mol. The van der Waals surface area contributed by atoms with Gasteiger partial charge in [-0.1, -0.05) is 193 Å². The normalized spacial score (nSPS) is 12.3. The summed E-state index contributed by atoms with van der Waals surface area (Å²) < 4.78 is 0. The van der Waals surface area contributed by atoms with Crippen LogP contribution in [-0.4, -0.2) is 51.5 Å². The second-order valence-corrected chi connectivity index (χ2v) is 16.9. The van der Waals surface area contributed by atoms with Crippen molar-refractivity contribution in [2.24, 2.45) is 0 Å². The van der Waals surface area contributed by atoms with Gasteiger partial charge < -0.3 is 45.0 Å². The van der Waals surface area contributed by atoms with Crippen LogP contribution < -0.4 is 15.3 Å². The minimum absolute atomic E-state index is 0. The van der Waals surface area contributed by atoms with Gasteiger partial charge in [0.05, 0.1) is 18.3 Å². The van der Waals surface area contributed by atoms with Gasteiger partial charge in [-0.15, -0.1) is 0 Å². The average molecular weight is 866 g/mol. The monoisotopic (exact) mass is 866 g/mol. The molecule has 0 amide bonds. The third kappa shape index (κ3) is 72.4. The van der Waals surface area contributed by atoms with E-state index in [9.17, 15) is 29.7 Å². The average Bonchev–Trinajstić information content (AvgIpc) is 3.14. The van der Waals surface area contributed by atoms with E-state index in [-0.39, 0.29) is 54.9 Å². The van der Waals surface area contributed by atoms with E-state index >= 15 is 0 Å². The Morgan fingerprint density at radius 1 is 0.293 bits per heavy atom. The molecule has 3 unspecified atom stereocenters. The van der Waals surface area contributed by atoms with Crippen LogP contribution in [-0.2, 0) is 31.7 Å². The van der Waals surface area contributed by atoms with Crippen molar-refractivity contribution in [2.45, 2.75) is 289 Å². The molecule has 0 aliphatic carbocycles. The summed E-state index contributed by atoms with van der Waals surface area (Å²) in [6, 6.07) is 0. The van der Waals surface area contributed by atoms with Gasteiger partial charge in [-0.05, 0) is 78.6 Å². The molecule has 0 aromatic rings. The Kier molecular flexibility index (Phi) is 58.9. The van der Waals surface area contributed by atoms with E-state index in [0.717, 1.165) is 96.3 Å². The van der Waals surface area contributed by atoms with E-state index in [2.05, 4.69) is 0 Å². The first-order valence-corrected chi connectivity index (χ1v) is 24.0. The summed E-state index contributed by atoms with van der Waals surface area (Å²) in [5.41, 5.74) is 0. The predicted octanol–water partition coefficient (Wildman–Crippen LogP) is 9.56. The number of hydrogen-bond donors (Lipinski definition) is 3. The SMILES string of the molecule is CC(O)CCCCCCCCCCCCCC(=O)[O-].CC(O)CCCCCCCCCCCCCC(=O)[O-].CC(O)CCCCCCCCCCCCCC(=O)[O-].[Cr+3]. The summed E-state index contributed by atoms with van der Waals surface area (Å²) in [5, 5.41) is 57.9. The van der Waals surface area contributed by atoms with Crippen LogP contribution in [0, 0.1) is 0 Å². The van der Waals surface area contributed by atoms with Gasteiger partial charge in [-0.2, -0.15) is 0 Å². The number of hydrogen-bond acceptors (Lipinski definition) is 9. The maximum atomic E-state index is 10.2. The smallest absolute Gasteiger partial charge is 0.550 e. The maximum absolute atomic E-state index is 10.2. The zero-order valence-corrected chi connectivity index (χ0v) is 39.3. The largest absolute Gasteiger partial charge is 3.00 e. The van der Waals surface area contributed by atoms with Gasteiger partial charge in [0.2, 0.25) is 0 Å². The van der Waals surface area contributed by atoms with E-state index in [1.165, 1.54) is 135 Å². The molecule has 10 heteroatoms. The fourth-order valence-electron chi connectivity index (χ4n) is 6.90. The van der Waals surface area contributed by atoms with E-state index in [1.807, 2.05) is 20.8 Å². The number of aliphatic carboxylic acids is 3. The number of aliphatic hydroxyl groups excluding tert-OH is 3. The zero-order chi connectivity index (χ0) is 43.0. The molecule has 0 bridgehead atoms. The standard InChI is InChI=1S/3C16H32O3.Cr/c3*1-15(17)13-11-9-7-5-3-2-4-6-8-10-12-14-16(18)19;/h3*15,17H,2-14H2,1H3,(H,18,19);/q;;;+3/p-3. The molecule has 0 aromatic carbocycles.